The van der Waals surface area contributed by atoms with Crippen molar-refractivity contribution >= 4 is 40.0 Å². The summed E-state index contributed by atoms with van der Waals surface area (Å²) >= 11 is 2.74. The summed E-state index contributed by atoms with van der Waals surface area (Å²) in [6.45, 7) is 3.93. The maximum Gasteiger partial charge on any atom is 0.341 e. The SMILES string of the molecule is CCc1c(C)sc(NC(=O)CSc2nnc(C3CC3c3ccccc3)n2C)c1C(=O)OC. The molecule has 2 atom stereocenters. The normalized spacial score (nSPS) is 17.2. The molecule has 0 aliphatic heterocycles. The Balaban J connectivity index is 1.39. The monoisotopic (exact) mass is 470 g/mol. The van der Waals surface area contributed by atoms with Crippen LogP contribution in [0.5, 0.6) is 0 Å². The number of nitrogens with zero attached hydrogens (tertiary/aromatic N) is 3. The van der Waals surface area contributed by atoms with Crippen molar-refractivity contribution in [2.24, 2.45) is 7.05 Å². The number of methoxy groups -OCH3 is 1. The van der Waals surface area contributed by atoms with Crippen LogP contribution in [0.4, 0.5) is 5.00 Å². The van der Waals surface area contributed by atoms with Gasteiger partial charge in [0, 0.05) is 17.8 Å². The number of aryl methyl sites for hydroxylation is 1. The Kier molecular flexibility index (Phi) is 6.66. The van der Waals surface area contributed by atoms with E-state index in [1.165, 1.54) is 35.8 Å². The molecule has 2 heterocycles. The van der Waals surface area contributed by atoms with Gasteiger partial charge in [0.2, 0.25) is 5.91 Å². The van der Waals surface area contributed by atoms with E-state index < -0.39 is 5.97 Å². The van der Waals surface area contributed by atoms with Crippen LogP contribution >= 0.6 is 23.1 Å². The molecule has 1 aliphatic carbocycles. The highest BCUT2D eigenvalue weighted by atomic mass is 32.2. The summed E-state index contributed by atoms with van der Waals surface area (Å²) in [6.07, 6.45) is 1.76. The molecule has 3 aromatic rings. The topological polar surface area (TPSA) is 86.1 Å². The third-order valence-corrected chi connectivity index (χ3v) is 7.84. The van der Waals surface area contributed by atoms with E-state index in [1.807, 2.05) is 31.5 Å². The molecular weight excluding hydrogens is 444 g/mol. The van der Waals surface area contributed by atoms with Crippen LogP contribution in [-0.4, -0.2) is 39.5 Å². The number of thioether (sulfide) groups is 1. The van der Waals surface area contributed by atoms with E-state index in [0.717, 1.165) is 22.7 Å². The van der Waals surface area contributed by atoms with E-state index in [4.69, 9.17) is 4.74 Å². The van der Waals surface area contributed by atoms with Gasteiger partial charge in [0.1, 0.15) is 10.8 Å². The molecule has 1 fully saturated rings. The minimum absolute atomic E-state index is 0.178. The molecular formula is C23H26N4O3S2. The maximum absolute atomic E-state index is 12.6. The minimum atomic E-state index is -0.426. The van der Waals surface area contributed by atoms with E-state index in [-0.39, 0.29) is 11.7 Å². The third-order valence-electron chi connectivity index (χ3n) is 5.76. The number of ether oxygens (including phenoxy) is 1. The highest BCUT2D eigenvalue weighted by Crippen LogP contribution is 2.54. The Bertz CT molecular complexity index is 1140. The molecule has 4 rings (SSSR count). The molecule has 1 N–H and O–H groups in total. The number of hydrogen-bond acceptors (Lipinski definition) is 7. The fraction of sp³-hybridized carbons (Fsp3) is 0.391. The summed E-state index contributed by atoms with van der Waals surface area (Å²) < 4.78 is 6.90. The van der Waals surface area contributed by atoms with Crippen LogP contribution < -0.4 is 5.32 Å². The number of amides is 1. The Morgan fingerprint density at radius 2 is 2.00 bits per heavy atom. The second-order valence-electron chi connectivity index (χ2n) is 7.78. The van der Waals surface area contributed by atoms with Crippen molar-refractivity contribution in [3.63, 3.8) is 0 Å². The first-order chi connectivity index (χ1) is 15.4. The van der Waals surface area contributed by atoms with Gasteiger partial charge >= 0.3 is 5.97 Å². The van der Waals surface area contributed by atoms with E-state index in [0.29, 0.717) is 34.0 Å². The molecule has 2 unspecified atom stereocenters. The van der Waals surface area contributed by atoms with E-state index in [9.17, 15) is 9.59 Å². The van der Waals surface area contributed by atoms with Crippen molar-refractivity contribution < 1.29 is 14.3 Å². The lowest BCUT2D eigenvalue weighted by Gasteiger charge is -2.07. The lowest BCUT2D eigenvalue weighted by atomic mass is 10.1. The zero-order chi connectivity index (χ0) is 22.8. The number of aromatic nitrogens is 3. The Hall–Kier alpha value is -2.65. The molecule has 0 spiro atoms. The Morgan fingerprint density at radius 3 is 2.69 bits per heavy atom. The van der Waals surface area contributed by atoms with Crippen LogP contribution in [0.2, 0.25) is 0 Å². The van der Waals surface area contributed by atoms with E-state index >= 15 is 0 Å². The molecule has 1 aromatic carbocycles. The zero-order valence-corrected chi connectivity index (χ0v) is 20.2. The molecule has 32 heavy (non-hydrogen) atoms. The first-order valence-corrected chi connectivity index (χ1v) is 12.3. The molecule has 0 radical (unpaired) electrons. The predicted octanol–water partition coefficient (Wildman–Crippen LogP) is 4.54. The van der Waals surface area contributed by atoms with Gasteiger partial charge in [-0.05, 0) is 36.8 Å². The number of carbonyl (C=O) groups is 2. The standard InChI is InChI=1S/C23H26N4O3S2/c1-5-15-13(2)32-21(19(15)22(29)30-4)24-18(28)12-31-23-26-25-20(27(23)3)17-11-16(17)14-9-7-6-8-10-14/h6-10,16-17H,5,11-12H2,1-4H3,(H,24,28). The zero-order valence-electron chi connectivity index (χ0n) is 18.5. The molecule has 7 nitrogen and oxygen atoms in total. The average Bonchev–Trinajstić information content (AvgIpc) is 3.41. The van der Waals surface area contributed by atoms with Gasteiger partial charge in [0.15, 0.2) is 5.16 Å². The number of nitrogens with one attached hydrogen (secondary N) is 1. The number of thiophene rings is 1. The van der Waals surface area contributed by atoms with Crippen molar-refractivity contribution in [2.75, 3.05) is 18.2 Å². The van der Waals surface area contributed by atoms with Gasteiger partial charge in [-0.25, -0.2) is 4.79 Å². The number of rotatable bonds is 8. The molecule has 1 aliphatic rings. The third kappa shape index (κ3) is 4.45. The first-order valence-electron chi connectivity index (χ1n) is 10.5. The molecule has 9 heteroatoms. The van der Waals surface area contributed by atoms with Crippen molar-refractivity contribution in [3.05, 3.63) is 57.7 Å². The van der Waals surface area contributed by atoms with Crippen molar-refractivity contribution in [3.8, 4) is 0 Å². The summed E-state index contributed by atoms with van der Waals surface area (Å²) in [5, 5.41) is 12.8. The van der Waals surface area contributed by atoms with Gasteiger partial charge in [-0.1, -0.05) is 49.0 Å². The van der Waals surface area contributed by atoms with Crippen LogP contribution in [0.15, 0.2) is 35.5 Å². The maximum atomic E-state index is 12.6. The number of esters is 1. The van der Waals surface area contributed by atoms with Gasteiger partial charge < -0.3 is 14.6 Å². The molecule has 0 saturated heterocycles. The van der Waals surface area contributed by atoms with Gasteiger partial charge in [-0.2, -0.15) is 0 Å². The number of benzene rings is 1. The average molecular weight is 471 g/mol. The number of anilines is 1. The van der Waals surface area contributed by atoms with Crippen LogP contribution in [0.1, 0.15) is 57.4 Å². The molecule has 2 aromatic heterocycles. The summed E-state index contributed by atoms with van der Waals surface area (Å²) in [5.41, 5.74) is 2.70. The van der Waals surface area contributed by atoms with E-state index in [1.54, 1.807) is 0 Å². The predicted molar refractivity (Wildman–Crippen MR) is 127 cm³/mol. The highest BCUT2D eigenvalue weighted by molar-refractivity contribution is 7.99. The van der Waals surface area contributed by atoms with Crippen molar-refractivity contribution in [1.29, 1.82) is 0 Å². The van der Waals surface area contributed by atoms with Crippen LogP contribution in [-0.2, 0) is 23.0 Å². The molecule has 1 saturated carbocycles. The van der Waals surface area contributed by atoms with Crippen molar-refractivity contribution in [1.82, 2.24) is 14.8 Å². The first kappa shape index (κ1) is 22.5. The van der Waals surface area contributed by atoms with Gasteiger partial charge in [0.05, 0.1) is 18.4 Å². The molecule has 0 bridgehead atoms. The Labute approximate surface area is 195 Å². The quantitative estimate of drug-likeness (QED) is 0.384. The lowest BCUT2D eigenvalue weighted by Crippen LogP contribution is -2.16. The molecule has 1 amide bonds. The van der Waals surface area contributed by atoms with Gasteiger partial charge in [0.25, 0.3) is 0 Å². The molecule has 168 valence electrons. The van der Waals surface area contributed by atoms with Gasteiger partial charge in [-0.15, -0.1) is 21.5 Å². The minimum Gasteiger partial charge on any atom is -0.465 e. The highest BCUT2D eigenvalue weighted by Gasteiger charge is 2.42. The van der Waals surface area contributed by atoms with Gasteiger partial charge in [-0.3, -0.25) is 4.79 Å². The summed E-state index contributed by atoms with van der Waals surface area (Å²) in [5.74, 6) is 1.36. The largest absolute Gasteiger partial charge is 0.465 e. The lowest BCUT2D eigenvalue weighted by molar-refractivity contribution is -0.113. The number of carbonyl (C=O) groups excluding carboxylic acids is 2. The summed E-state index contributed by atoms with van der Waals surface area (Å²) in [7, 11) is 3.30. The van der Waals surface area contributed by atoms with Crippen LogP contribution in [0.25, 0.3) is 0 Å². The number of hydrogen-bond donors (Lipinski definition) is 1. The van der Waals surface area contributed by atoms with Crippen LogP contribution in [0.3, 0.4) is 0 Å². The fourth-order valence-electron chi connectivity index (χ4n) is 4.03. The summed E-state index contributed by atoms with van der Waals surface area (Å²) in [6, 6.07) is 10.5. The second kappa shape index (κ2) is 9.46. The Morgan fingerprint density at radius 1 is 1.25 bits per heavy atom. The summed E-state index contributed by atoms with van der Waals surface area (Å²) in [4.78, 5) is 25.9. The fourth-order valence-corrected chi connectivity index (χ4v) is 5.89. The van der Waals surface area contributed by atoms with Crippen LogP contribution in [0, 0.1) is 6.92 Å². The smallest absolute Gasteiger partial charge is 0.341 e. The second-order valence-corrected chi connectivity index (χ2v) is 9.95. The van der Waals surface area contributed by atoms with E-state index in [2.05, 4.69) is 39.8 Å². The van der Waals surface area contributed by atoms with Crippen molar-refractivity contribution in [2.45, 2.75) is 43.7 Å².